The fraction of sp³-hybridized carbons (Fsp3) is 0. The first kappa shape index (κ1) is 30.3. The largest absolute Gasteiger partial charge is 0.455 e. The van der Waals surface area contributed by atoms with Crippen molar-refractivity contribution in [1.82, 2.24) is 4.98 Å². The number of fused-ring (bicyclic) bond motifs is 8. The highest BCUT2D eigenvalue weighted by Crippen LogP contribution is 2.44. The molecule has 0 amide bonds. The van der Waals surface area contributed by atoms with Gasteiger partial charge in [0.25, 0.3) is 0 Å². The van der Waals surface area contributed by atoms with Gasteiger partial charge in [0.15, 0.2) is 5.58 Å². The number of furan rings is 2. The average molecular weight is 695 g/mol. The van der Waals surface area contributed by atoms with Gasteiger partial charge in [-0.15, -0.1) is 0 Å². The molecule has 5 nitrogen and oxygen atoms in total. The lowest BCUT2D eigenvalue weighted by Gasteiger charge is -2.26. The second-order valence-corrected chi connectivity index (χ2v) is 13.5. The third kappa shape index (κ3) is 4.83. The van der Waals surface area contributed by atoms with E-state index in [9.17, 15) is 0 Å². The quantitative estimate of drug-likeness (QED) is 0.173. The van der Waals surface area contributed by atoms with E-state index in [1.54, 1.807) is 0 Å². The molecule has 8 aromatic carbocycles. The van der Waals surface area contributed by atoms with Crippen LogP contribution in [0.5, 0.6) is 0 Å². The van der Waals surface area contributed by atoms with Gasteiger partial charge in [-0.25, -0.2) is 4.98 Å². The molecular weight excluding hydrogens is 665 g/mol. The van der Waals surface area contributed by atoms with Crippen LogP contribution in [0.2, 0.25) is 0 Å². The zero-order chi connectivity index (χ0) is 35.6. The van der Waals surface area contributed by atoms with E-state index in [0.717, 1.165) is 99.9 Å². The van der Waals surface area contributed by atoms with Gasteiger partial charge in [0.2, 0.25) is 5.89 Å². The van der Waals surface area contributed by atoms with Crippen LogP contribution in [0, 0.1) is 0 Å². The minimum atomic E-state index is 0.587. The number of oxazole rings is 1. The topological polar surface area (TPSA) is 55.6 Å². The van der Waals surface area contributed by atoms with Crippen LogP contribution in [-0.2, 0) is 0 Å². The highest BCUT2D eigenvalue weighted by atomic mass is 16.4. The monoisotopic (exact) mass is 694 g/mol. The van der Waals surface area contributed by atoms with Gasteiger partial charge < -0.3 is 18.2 Å². The molecule has 0 aliphatic rings. The van der Waals surface area contributed by atoms with Crippen molar-refractivity contribution in [2.24, 2.45) is 0 Å². The maximum atomic E-state index is 6.57. The smallest absolute Gasteiger partial charge is 0.227 e. The van der Waals surface area contributed by atoms with Crippen LogP contribution in [-0.4, -0.2) is 4.98 Å². The summed E-state index contributed by atoms with van der Waals surface area (Å²) in [5.74, 6) is 0.587. The molecule has 0 saturated heterocycles. The summed E-state index contributed by atoms with van der Waals surface area (Å²) in [6, 6.07) is 62.6. The maximum Gasteiger partial charge on any atom is 0.227 e. The number of para-hydroxylation sites is 4. The van der Waals surface area contributed by atoms with Crippen LogP contribution in [0.1, 0.15) is 0 Å². The highest BCUT2D eigenvalue weighted by Gasteiger charge is 2.22. The molecule has 3 aromatic heterocycles. The molecule has 3 heterocycles. The Morgan fingerprint density at radius 2 is 0.926 bits per heavy atom. The zero-order valence-electron chi connectivity index (χ0n) is 28.9. The van der Waals surface area contributed by atoms with E-state index in [4.69, 9.17) is 18.2 Å². The SMILES string of the molecule is c1ccc(-c2nc3c(cc(-c4ccc(N(c5ccccc5)c5ccc(-c6cccc7c6oc6ccccc67)cc5)cc4)c4oc5ccccc5c43)o2)cc1. The summed E-state index contributed by atoms with van der Waals surface area (Å²) in [7, 11) is 0. The number of anilines is 3. The maximum absolute atomic E-state index is 6.57. The highest BCUT2D eigenvalue weighted by molar-refractivity contribution is 6.20. The third-order valence-electron chi connectivity index (χ3n) is 10.3. The molecule has 0 saturated carbocycles. The van der Waals surface area contributed by atoms with Gasteiger partial charge in [-0.05, 0) is 77.9 Å². The molecule has 0 N–H and O–H groups in total. The van der Waals surface area contributed by atoms with E-state index >= 15 is 0 Å². The molecule has 11 rings (SSSR count). The van der Waals surface area contributed by atoms with Gasteiger partial charge in [0.1, 0.15) is 27.8 Å². The molecule has 0 unspecified atom stereocenters. The number of rotatable bonds is 6. The molecule has 0 spiro atoms. The average Bonchev–Trinajstić information content (AvgIpc) is 3.96. The molecule has 0 radical (unpaired) electrons. The summed E-state index contributed by atoms with van der Waals surface area (Å²) in [4.78, 5) is 7.26. The van der Waals surface area contributed by atoms with Crippen molar-refractivity contribution in [3.63, 3.8) is 0 Å². The Labute approximate surface area is 309 Å². The predicted octanol–water partition coefficient (Wildman–Crippen LogP) is 14.1. The first-order valence-corrected chi connectivity index (χ1v) is 18.0. The minimum Gasteiger partial charge on any atom is -0.455 e. The fourth-order valence-electron chi connectivity index (χ4n) is 7.77. The molecule has 11 aromatic rings. The van der Waals surface area contributed by atoms with Crippen LogP contribution in [0.15, 0.2) is 195 Å². The van der Waals surface area contributed by atoms with Gasteiger partial charge in [0.05, 0.1) is 5.39 Å². The van der Waals surface area contributed by atoms with Crippen LogP contribution < -0.4 is 4.90 Å². The number of benzene rings is 8. The second kappa shape index (κ2) is 12.1. The van der Waals surface area contributed by atoms with E-state index in [2.05, 4.69) is 120 Å². The summed E-state index contributed by atoms with van der Waals surface area (Å²) in [5.41, 5.74) is 13.1. The Morgan fingerprint density at radius 3 is 1.65 bits per heavy atom. The Kier molecular flexibility index (Phi) is 6.79. The first-order valence-electron chi connectivity index (χ1n) is 18.0. The molecule has 0 bridgehead atoms. The number of hydrogen-bond acceptors (Lipinski definition) is 5. The summed E-state index contributed by atoms with van der Waals surface area (Å²) in [5, 5.41) is 4.22. The van der Waals surface area contributed by atoms with Gasteiger partial charge in [-0.3, -0.25) is 0 Å². The second-order valence-electron chi connectivity index (χ2n) is 13.5. The van der Waals surface area contributed by atoms with Crippen LogP contribution in [0.25, 0.3) is 88.7 Å². The Hall–Kier alpha value is -7.37. The number of nitrogens with zero attached hydrogens (tertiary/aromatic N) is 2. The predicted molar refractivity (Wildman–Crippen MR) is 220 cm³/mol. The van der Waals surface area contributed by atoms with Gasteiger partial charge in [-0.2, -0.15) is 0 Å². The summed E-state index contributed by atoms with van der Waals surface area (Å²) in [6.45, 7) is 0. The van der Waals surface area contributed by atoms with Crippen LogP contribution >= 0.6 is 0 Å². The molecular formula is C49H30N2O3. The summed E-state index contributed by atoms with van der Waals surface area (Å²) >= 11 is 0. The molecule has 0 fully saturated rings. The minimum absolute atomic E-state index is 0.587. The van der Waals surface area contributed by atoms with Gasteiger partial charge in [-0.1, -0.05) is 115 Å². The molecule has 0 aliphatic heterocycles. The lowest BCUT2D eigenvalue weighted by atomic mass is 10.00. The first-order chi connectivity index (χ1) is 26.8. The Bertz CT molecular complexity index is 3140. The van der Waals surface area contributed by atoms with Crippen molar-refractivity contribution >= 4 is 72.0 Å². The Balaban J connectivity index is 1.01. The van der Waals surface area contributed by atoms with Crippen LogP contribution in [0.4, 0.5) is 17.1 Å². The molecule has 0 aliphatic carbocycles. The van der Waals surface area contributed by atoms with Gasteiger partial charge >= 0.3 is 0 Å². The van der Waals surface area contributed by atoms with E-state index < -0.39 is 0 Å². The zero-order valence-corrected chi connectivity index (χ0v) is 28.9. The molecule has 0 atom stereocenters. The van der Waals surface area contributed by atoms with Crippen molar-refractivity contribution < 1.29 is 13.3 Å². The normalized spacial score (nSPS) is 11.7. The van der Waals surface area contributed by atoms with Crippen molar-refractivity contribution in [3.8, 4) is 33.7 Å². The lowest BCUT2D eigenvalue weighted by molar-refractivity contribution is 0.619. The van der Waals surface area contributed by atoms with E-state index in [1.165, 1.54) is 0 Å². The summed E-state index contributed by atoms with van der Waals surface area (Å²) in [6.07, 6.45) is 0. The summed E-state index contributed by atoms with van der Waals surface area (Å²) < 4.78 is 19.4. The molecule has 5 heteroatoms. The van der Waals surface area contributed by atoms with Crippen LogP contribution in [0.3, 0.4) is 0 Å². The van der Waals surface area contributed by atoms with Crippen molar-refractivity contribution in [1.29, 1.82) is 0 Å². The van der Waals surface area contributed by atoms with Crippen molar-refractivity contribution in [2.75, 3.05) is 4.90 Å². The van der Waals surface area contributed by atoms with E-state index in [-0.39, 0.29) is 0 Å². The standard InChI is InChI=1S/C49H30N2O3/c1-3-12-33(13-4-1)49-50-46-44(54-49)30-41(48-45(46)40-17-8-10-21-43(40)53-48)32-24-28-36(29-25-32)51(34-14-5-2-6-15-34)35-26-22-31(23-27-35)37-18-11-19-39-38-16-7-9-20-42(38)52-47(37)39/h1-30H. The van der Waals surface area contributed by atoms with Crippen molar-refractivity contribution in [3.05, 3.63) is 182 Å². The van der Waals surface area contributed by atoms with E-state index in [0.29, 0.717) is 5.89 Å². The number of aromatic nitrogens is 1. The van der Waals surface area contributed by atoms with E-state index in [1.807, 2.05) is 66.7 Å². The van der Waals surface area contributed by atoms with Gasteiger partial charge in [0, 0.05) is 49.9 Å². The third-order valence-corrected chi connectivity index (χ3v) is 10.3. The molecule has 254 valence electrons. The number of hydrogen-bond donors (Lipinski definition) is 0. The van der Waals surface area contributed by atoms with Crippen molar-refractivity contribution in [2.45, 2.75) is 0 Å². The fourth-order valence-corrected chi connectivity index (χ4v) is 7.77. The Morgan fingerprint density at radius 1 is 0.370 bits per heavy atom. The molecule has 54 heavy (non-hydrogen) atoms. The lowest BCUT2D eigenvalue weighted by Crippen LogP contribution is -2.09.